The van der Waals surface area contributed by atoms with Gasteiger partial charge in [0.15, 0.2) is 5.82 Å². The third kappa shape index (κ3) is 4.42. The van der Waals surface area contributed by atoms with Gasteiger partial charge in [0, 0.05) is 23.4 Å². The molecule has 1 amide bonds. The Kier molecular flexibility index (Phi) is 6.35. The molecule has 2 heterocycles. The maximum Gasteiger partial charge on any atom is 0.258 e. The van der Waals surface area contributed by atoms with Gasteiger partial charge in [-0.15, -0.1) is 0 Å². The standard InChI is InChI=1S/C23H27ClFN5O2/c1-4-27-15-8-16(9-15)32-20-7-14(25)5-6-17(20)23(31)30-10-18(19(26)11-30)22-28-12(2)21(24)13(3)29-22/h5-7,15-16,27H,4,8-11,26H2,1-3H3. The second-order valence-corrected chi connectivity index (χ2v) is 8.68. The highest BCUT2D eigenvalue weighted by Gasteiger charge is 2.33. The Bertz CT molecular complexity index is 1060. The lowest BCUT2D eigenvalue weighted by molar-refractivity contribution is 0.0739. The number of ether oxygens (including phenoxy) is 1. The van der Waals surface area contributed by atoms with Crippen LogP contribution in [0.2, 0.25) is 5.02 Å². The van der Waals surface area contributed by atoms with Crippen molar-refractivity contribution in [3.63, 3.8) is 0 Å². The van der Waals surface area contributed by atoms with Gasteiger partial charge in [0.2, 0.25) is 0 Å². The second kappa shape index (κ2) is 9.03. The van der Waals surface area contributed by atoms with Crippen molar-refractivity contribution in [1.82, 2.24) is 20.2 Å². The van der Waals surface area contributed by atoms with Crippen molar-refractivity contribution in [3.05, 3.63) is 57.5 Å². The number of nitrogens with two attached hydrogens (primary N) is 1. The molecule has 9 heteroatoms. The molecule has 0 bridgehead atoms. The Balaban J connectivity index is 1.51. The van der Waals surface area contributed by atoms with Crippen LogP contribution < -0.4 is 15.8 Å². The first kappa shape index (κ1) is 22.5. The topological polar surface area (TPSA) is 93.4 Å². The van der Waals surface area contributed by atoms with Crippen molar-refractivity contribution < 1.29 is 13.9 Å². The van der Waals surface area contributed by atoms with Crippen molar-refractivity contribution in [1.29, 1.82) is 0 Å². The van der Waals surface area contributed by atoms with Gasteiger partial charge in [-0.25, -0.2) is 14.4 Å². The second-order valence-electron chi connectivity index (χ2n) is 8.30. The molecule has 2 aliphatic rings. The Morgan fingerprint density at radius 1 is 1.28 bits per heavy atom. The number of carbonyl (C=O) groups excluding carboxylic acids is 1. The van der Waals surface area contributed by atoms with Crippen LogP contribution in [0.1, 0.15) is 47.3 Å². The highest BCUT2D eigenvalue weighted by atomic mass is 35.5. The van der Waals surface area contributed by atoms with E-state index in [2.05, 4.69) is 22.2 Å². The Morgan fingerprint density at radius 2 is 1.97 bits per heavy atom. The molecular formula is C23H27ClFN5O2. The number of hydrogen-bond donors (Lipinski definition) is 2. The average molecular weight is 460 g/mol. The minimum Gasteiger partial charge on any atom is -0.489 e. The molecule has 1 aliphatic heterocycles. The number of amides is 1. The number of nitrogens with one attached hydrogen (secondary N) is 1. The van der Waals surface area contributed by atoms with E-state index in [-0.39, 0.29) is 30.9 Å². The van der Waals surface area contributed by atoms with Gasteiger partial charge in [-0.2, -0.15) is 0 Å². The molecule has 2 aromatic rings. The summed E-state index contributed by atoms with van der Waals surface area (Å²) in [4.78, 5) is 23.8. The van der Waals surface area contributed by atoms with Crippen LogP contribution in [-0.2, 0) is 0 Å². The lowest BCUT2D eigenvalue weighted by Gasteiger charge is -2.36. The minimum atomic E-state index is -0.445. The van der Waals surface area contributed by atoms with Gasteiger partial charge >= 0.3 is 0 Å². The Hall–Kier alpha value is -2.71. The Morgan fingerprint density at radius 3 is 2.62 bits per heavy atom. The highest BCUT2D eigenvalue weighted by Crippen LogP contribution is 2.32. The molecule has 3 N–H and O–H groups in total. The summed E-state index contributed by atoms with van der Waals surface area (Å²) in [6, 6.07) is 4.41. The molecule has 0 saturated heterocycles. The van der Waals surface area contributed by atoms with Crippen molar-refractivity contribution in [3.8, 4) is 5.75 Å². The SMILES string of the molecule is CCNC1CC(Oc2cc(F)ccc2C(=O)N2CC(N)=C(c3nc(C)c(Cl)c(C)n3)C2)C1. The van der Waals surface area contributed by atoms with Gasteiger partial charge in [-0.1, -0.05) is 18.5 Å². The predicted octanol–water partition coefficient (Wildman–Crippen LogP) is 3.23. The summed E-state index contributed by atoms with van der Waals surface area (Å²) in [6.07, 6.45) is 1.61. The van der Waals surface area contributed by atoms with Gasteiger partial charge in [0.25, 0.3) is 5.91 Å². The van der Waals surface area contributed by atoms with Crippen molar-refractivity contribution in [2.24, 2.45) is 5.73 Å². The summed E-state index contributed by atoms with van der Waals surface area (Å²) >= 11 is 6.18. The summed E-state index contributed by atoms with van der Waals surface area (Å²) < 4.78 is 19.9. The van der Waals surface area contributed by atoms with E-state index in [1.807, 2.05) is 0 Å². The minimum absolute atomic E-state index is 0.0434. The van der Waals surface area contributed by atoms with Crippen molar-refractivity contribution in [2.75, 3.05) is 19.6 Å². The fourth-order valence-electron chi connectivity index (χ4n) is 4.08. The molecule has 1 aliphatic carbocycles. The van der Waals surface area contributed by atoms with Crippen LogP contribution in [0, 0.1) is 19.7 Å². The fraction of sp³-hybridized carbons (Fsp3) is 0.435. The van der Waals surface area contributed by atoms with Crippen molar-refractivity contribution >= 4 is 23.1 Å². The zero-order valence-electron chi connectivity index (χ0n) is 18.4. The number of halogens is 2. The van der Waals surface area contributed by atoms with Crippen LogP contribution in [0.15, 0.2) is 23.9 Å². The summed E-state index contributed by atoms with van der Waals surface area (Å²) in [6.45, 7) is 7.05. The summed E-state index contributed by atoms with van der Waals surface area (Å²) in [7, 11) is 0. The first-order valence-electron chi connectivity index (χ1n) is 10.7. The number of carbonyl (C=O) groups is 1. The first-order chi connectivity index (χ1) is 15.3. The maximum atomic E-state index is 13.9. The molecule has 0 radical (unpaired) electrons. The summed E-state index contributed by atoms with van der Waals surface area (Å²) in [5, 5.41) is 3.87. The summed E-state index contributed by atoms with van der Waals surface area (Å²) in [5.41, 5.74) is 9.10. The highest BCUT2D eigenvalue weighted by molar-refractivity contribution is 6.31. The maximum absolute atomic E-state index is 13.9. The van der Waals surface area contributed by atoms with Crippen LogP contribution in [0.4, 0.5) is 4.39 Å². The molecule has 0 spiro atoms. The molecule has 1 saturated carbocycles. The van der Waals surface area contributed by atoms with Gasteiger partial charge in [-0.3, -0.25) is 4.79 Å². The number of hydrogen-bond acceptors (Lipinski definition) is 6. The van der Waals surface area contributed by atoms with Gasteiger partial charge in [-0.05, 0) is 45.4 Å². The predicted molar refractivity (Wildman–Crippen MR) is 121 cm³/mol. The van der Waals surface area contributed by atoms with E-state index in [4.69, 9.17) is 22.1 Å². The molecule has 0 unspecified atom stereocenters. The van der Waals surface area contributed by atoms with Gasteiger partial charge in [0.05, 0.1) is 35.1 Å². The largest absolute Gasteiger partial charge is 0.489 e. The number of aryl methyl sites for hydroxylation is 2. The fourth-order valence-corrected chi connectivity index (χ4v) is 4.17. The first-order valence-corrected chi connectivity index (χ1v) is 11.1. The quantitative estimate of drug-likeness (QED) is 0.688. The molecule has 4 rings (SSSR count). The van der Waals surface area contributed by atoms with Crippen LogP contribution >= 0.6 is 11.6 Å². The van der Waals surface area contributed by atoms with Crippen LogP contribution in [0.25, 0.3) is 5.57 Å². The van der Waals surface area contributed by atoms with Crippen LogP contribution in [0.3, 0.4) is 0 Å². The Labute approximate surface area is 191 Å². The molecule has 1 aromatic carbocycles. The average Bonchev–Trinajstić information content (AvgIpc) is 3.11. The van der Waals surface area contributed by atoms with E-state index in [1.54, 1.807) is 18.7 Å². The molecule has 170 valence electrons. The van der Waals surface area contributed by atoms with Gasteiger partial charge in [0.1, 0.15) is 17.7 Å². The van der Waals surface area contributed by atoms with E-state index in [9.17, 15) is 9.18 Å². The van der Waals surface area contributed by atoms with E-state index in [0.717, 1.165) is 19.4 Å². The monoisotopic (exact) mass is 459 g/mol. The van der Waals surface area contributed by atoms with Gasteiger partial charge < -0.3 is 20.7 Å². The van der Waals surface area contributed by atoms with E-state index in [0.29, 0.717) is 45.1 Å². The number of nitrogens with zero attached hydrogens (tertiary/aromatic N) is 3. The molecule has 7 nitrogen and oxygen atoms in total. The van der Waals surface area contributed by atoms with Crippen LogP contribution in [-0.4, -0.2) is 52.6 Å². The third-order valence-electron chi connectivity index (χ3n) is 5.89. The number of benzene rings is 1. The lowest BCUT2D eigenvalue weighted by atomic mass is 9.89. The zero-order chi connectivity index (χ0) is 23.0. The molecular weight excluding hydrogens is 433 g/mol. The van der Waals surface area contributed by atoms with Crippen molar-refractivity contribution in [2.45, 2.75) is 45.8 Å². The third-order valence-corrected chi connectivity index (χ3v) is 6.44. The molecule has 1 aromatic heterocycles. The molecule has 1 fully saturated rings. The van der Waals surface area contributed by atoms with E-state index in [1.165, 1.54) is 18.2 Å². The normalized spacial score (nSPS) is 20.5. The van der Waals surface area contributed by atoms with E-state index < -0.39 is 5.82 Å². The molecule has 0 atom stereocenters. The summed E-state index contributed by atoms with van der Waals surface area (Å²) in [5.74, 6) is 0.00963. The molecule has 32 heavy (non-hydrogen) atoms. The lowest BCUT2D eigenvalue weighted by Crippen LogP contribution is -2.46. The smallest absolute Gasteiger partial charge is 0.258 e. The number of aromatic nitrogens is 2. The zero-order valence-corrected chi connectivity index (χ0v) is 19.2. The van der Waals surface area contributed by atoms with E-state index >= 15 is 0 Å². The number of rotatable bonds is 6. The van der Waals surface area contributed by atoms with Crippen LogP contribution in [0.5, 0.6) is 5.75 Å².